The van der Waals surface area contributed by atoms with E-state index in [2.05, 4.69) is 15.6 Å². The lowest BCUT2D eigenvalue weighted by atomic mass is 9.99. The molecule has 45 heavy (non-hydrogen) atoms. The number of rotatable bonds is 11. The molecule has 0 fully saturated rings. The largest absolute Gasteiger partial charge is 0.495 e. The van der Waals surface area contributed by atoms with E-state index in [-0.39, 0.29) is 34.8 Å². The number of benzene rings is 4. The molecule has 1 heterocycles. The standard InChI is InChI=1S/C34H31ClN4O6/c1-44-28-19-29(45-2)26(18-25(28)35)37-31(41)20-39-27-10-6-9-24(32(27)33(42)38-34(39)43)23-13-11-22(12-14-23)17-30(40)36-16-15-21-7-4-3-5-8-21/h3-14,18-19H,15-17,20H2,1-2H3,(H,36,40)(H,37,41)(H,38,42,43). The Kier molecular flexibility index (Phi) is 9.64. The Morgan fingerprint density at radius 1 is 0.844 bits per heavy atom. The van der Waals surface area contributed by atoms with Gasteiger partial charge in [-0.1, -0.05) is 78.3 Å². The van der Waals surface area contributed by atoms with E-state index in [4.69, 9.17) is 21.1 Å². The van der Waals surface area contributed by atoms with Crippen molar-refractivity contribution in [3.8, 4) is 22.6 Å². The number of carbonyl (C=O) groups is 2. The molecule has 0 saturated heterocycles. The molecule has 1 aromatic heterocycles. The topological polar surface area (TPSA) is 132 Å². The van der Waals surface area contributed by atoms with E-state index in [1.165, 1.54) is 30.9 Å². The van der Waals surface area contributed by atoms with Crippen LogP contribution in [0, 0.1) is 0 Å². The first-order valence-electron chi connectivity index (χ1n) is 14.1. The van der Waals surface area contributed by atoms with Crippen molar-refractivity contribution < 1.29 is 19.1 Å². The Labute approximate surface area is 263 Å². The van der Waals surface area contributed by atoms with Crippen molar-refractivity contribution >= 4 is 40.0 Å². The summed E-state index contributed by atoms with van der Waals surface area (Å²) in [5.41, 5.74) is 2.53. The van der Waals surface area contributed by atoms with Crippen molar-refractivity contribution in [3.63, 3.8) is 0 Å². The summed E-state index contributed by atoms with van der Waals surface area (Å²) >= 11 is 6.23. The van der Waals surface area contributed by atoms with Crippen LogP contribution in [-0.2, 0) is 29.0 Å². The molecule has 3 N–H and O–H groups in total. The van der Waals surface area contributed by atoms with Crippen LogP contribution in [0.1, 0.15) is 11.1 Å². The number of methoxy groups -OCH3 is 2. The van der Waals surface area contributed by atoms with E-state index in [1.54, 1.807) is 18.2 Å². The molecule has 0 bridgehead atoms. The minimum absolute atomic E-state index is 0.0860. The maximum absolute atomic E-state index is 13.1. The number of H-pyrrole nitrogens is 1. The first-order chi connectivity index (χ1) is 21.8. The summed E-state index contributed by atoms with van der Waals surface area (Å²) in [6.07, 6.45) is 0.960. The average Bonchev–Trinajstić information content (AvgIpc) is 3.03. The predicted molar refractivity (Wildman–Crippen MR) is 174 cm³/mol. The molecular formula is C34H31ClN4O6. The smallest absolute Gasteiger partial charge is 0.329 e. The summed E-state index contributed by atoms with van der Waals surface area (Å²) in [5.74, 6) is 0.0644. The zero-order valence-corrected chi connectivity index (χ0v) is 25.4. The van der Waals surface area contributed by atoms with Gasteiger partial charge in [0.05, 0.1) is 42.3 Å². The molecule has 0 atom stereocenters. The van der Waals surface area contributed by atoms with Gasteiger partial charge in [0.15, 0.2) is 0 Å². The summed E-state index contributed by atoms with van der Waals surface area (Å²) in [6.45, 7) is 0.154. The van der Waals surface area contributed by atoms with Crippen molar-refractivity contribution in [2.45, 2.75) is 19.4 Å². The SMILES string of the molecule is COc1cc(OC)c(NC(=O)Cn2c(=O)[nH]c(=O)c3c(-c4ccc(CC(=O)NCCc5ccccc5)cc4)cccc32)cc1Cl. The summed E-state index contributed by atoms with van der Waals surface area (Å²) in [4.78, 5) is 53.8. The van der Waals surface area contributed by atoms with Crippen LogP contribution in [0.15, 0.2) is 94.5 Å². The molecule has 0 spiro atoms. The molecule has 230 valence electrons. The van der Waals surface area contributed by atoms with Crippen LogP contribution in [0.4, 0.5) is 5.69 Å². The third-order valence-electron chi connectivity index (χ3n) is 7.28. The van der Waals surface area contributed by atoms with E-state index < -0.39 is 17.2 Å². The van der Waals surface area contributed by atoms with Crippen LogP contribution in [0.2, 0.25) is 5.02 Å². The fraction of sp³-hybridized carbons (Fsp3) is 0.176. The lowest BCUT2D eigenvalue weighted by Gasteiger charge is -2.15. The maximum atomic E-state index is 13.1. The summed E-state index contributed by atoms with van der Waals surface area (Å²) in [5, 5.41) is 6.17. The molecule has 5 rings (SSSR count). The van der Waals surface area contributed by atoms with E-state index in [1.807, 2.05) is 54.6 Å². The highest BCUT2D eigenvalue weighted by molar-refractivity contribution is 6.32. The van der Waals surface area contributed by atoms with E-state index >= 15 is 0 Å². The van der Waals surface area contributed by atoms with Crippen molar-refractivity contribution in [2.75, 3.05) is 26.1 Å². The third-order valence-corrected chi connectivity index (χ3v) is 7.58. The Bertz CT molecular complexity index is 1970. The monoisotopic (exact) mass is 626 g/mol. The lowest BCUT2D eigenvalue weighted by Crippen LogP contribution is -2.34. The first kappa shape index (κ1) is 31.1. The number of ether oxygens (including phenoxy) is 2. The number of nitrogens with one attached hydrogen (secondary N) is 3. The predicted octanol–water partition coefficient (Wildman–Crippen LogP) is 4.57. The number of carbonyl (C=O) groups excluding carboxylic acids is 2. The second-order valence-electron chi connectivity index (χ2n) is 10.2. The number of hydrogen-bond acceptors (Lipinski definition) is 6. The van der Waals surface area contributed by atoms with Gasteiger partial charge in [0.1, 0.15) is 18.0 Å². The fourth-order valence-electron chi connectivity index (χ4n) is 5.07. The second kappa shape index (κ2) is 14.0. The molecule has 2 amide bonds. The normalized spacial score (nSPS) is 10.8. The van der Waals surface area contributed by atoms with E-state index in [0.717, 1.165) is 17.5 Å². The van der Waals surface area contributed by atoms with E-state index in [0.29, 0.717) is 34.9 Å². The Hall–Kier alpha value is -5.35. The van der Waals surface area contributed by atoms with Gasteiger partial charge in [-0.05, 0) is 40.8 Å². The molecule has 0 aliphatic heterocycles. The van der Waals surface area contributed by atoms with Gasteiger partial charge in [0.2, 0.25) is 11.8 Å². The zero-order chi connectivity index (χ0) is 31.9. The summed E-state index contributed by atoms with van der Waals surface area (Å²) in [6, 6.07) is 25.4. The summed E-state index contributed by atoms with van der Waals surface area (Å²) in [7, 11) is 2.90. The molecular weight excluding hydrogens is 596 g/mol. The van der Waals surface area contributed by atoms with E-state index in [9.17, 15) is 19.2 Å². The molecule has 0 unspecified atom stereocenters. The molecule has 11 heteroatoms. The molecule has 10 nitrogen and oxygen atoms in total. The molecule has 0 aliphatic carbocycles. The summed E-state index contributed by atoms with van der Waals surface area (Å²) < 4.78 is 11.7. The third kappa shape index (κ3) is 7.25. The molecule has 0 saturated carbocycles. The van der Waals surface area contributed by atoms with Gasteiger partial charge in [0, 0.05) is 12.6 Å². The molecule has 4 aromatic carbocycles. The number of anilines is 1. The second-order valence-corrected chi connectivity index (χ2v) is 10.6. The Morgan fingerprint density at radius 2 is 1.58 bits per heavy atom. The van der Waals surface area contributed by atoms with Crippen molar-refractivity contribution in [3.05, 3.63) is 122 Å². The van der Waals surface area contributed by atoms with Gasteiger partial charge < -0.3 is 20.1 Å². The Balaban J connectivity index is 1.34. The number of nitrogens with zero attached hydrogens (tertiary/aromatic N) is 1. The lowest BCUT2D eigenvalue weighted by molar-refractivity contribution is -0.120. The molecule has 5 aromatic rings. The van der Waals surface area contributed by atoms with Gasteiger partial charge >= 0.3 is 5.69 Å². The van der Waals surface area contributed by atoms with Gasteiger partial charge in [-0.25, -0.2) is 4.79 Å². The van der Waals surface area contributed by atoms with Gasteiger partial charge in [-0.3, -0.25) is 23.9 Å². The number of aromatic nitrogens is 2. The van der Waals surface area contributed by atoms with Crippen LogP contribution in [0.5, 0.6) is 11.5 Å². The minimum atomic E-state index is -0.729. The highest BCUT2D eigenvalue weighted by Gasteiger charge is 2.17. The number of halogens is 1. The van der Waals surface area contributed by atoms with Crippen molar-refractivity contribution in [1.82, 2.24) is 14.9 Å². The van der Waals surface area contributed by atoms with Gasteiger partial charge in [-0.15, -0.1) is 0 Å². The van der Waals surface area contributed by atoms with Crippen LogP contribution in [0.25, 0.3) is 22.0 Å². The van der Waals surface area contributed by atoms with Crippen LogP contribution < -0.4 is 31.4 Å². The highest BCUT2D eigenvalue weighted by Crippen LogP contribution is 2.36. The average molecular weight is 627 g/mol. The van der Waals surface area contributed by atoms with Crippen LogP contribution in [-0.4, -0.2) is 42.1 Å². The quantitative estimate of drug-likeness (QED) is 0.197. The zero-order valence-electron chi connectivity index (χ0n) is 24.7. The number of fused-ring (bicyclic) bond motifs is 1. The van der Waals surface area contributed by atoms with Gasteiger partial charge in [0.25, 0.3) is 5.56 Å². The number of hydrogen-bond donors (Lipinski definition) is 3. The number of aromatic amines is 1. The van der Waals surface area contributed by atoms with Crippen molar-refractivity contribution in [1.29, 1.82) is 0 Å². The first-order valence-corrected chi connectivity index (χ1v) is 14.5. The molecule has 0 radical (unpaired) electrons. The minimum Gasteiger partial charge on any atom is -0.495 e. The van der Waals surface area contributed by atoms with Crippen molar-refractivity contribution in [2.24, 2.45) is 0 Å². The highest BCUT2D eigenvalue weighted by atomic mass is 35.5. The molecule has 0 aliphatic rings. The van der Waals surface area contributed by atoms with Crippen LogP contribution >= 0.6 is 11.6 Å². The Morgan fingerprint density at radius 3 is 2.29 bits per heavy atom. The van der Waals surface area contributed by atoms with Crippen LogP contribution in [0.3, 0.4) is 0 Å². The number of amides is 2. The fourth-order valence-corrected chi connectivity index (χ4v) is 5.31. The maximum Gasteiger partial charge on any atom is 0.329 e. The van der Waals surface area contributed by atoms with Gasteiger partial charge in [-0.2, -0.15) is 0 Å².